The van der Waals surface area contributed by atoms with Gasteiger partial charge in [-0.3, -0.25) is 0 Å². The molecule has 4 heteroatoms. The second-order valence-electron chi connectivity index (χ2n) is 4.75. The monoisotopic (exact) mass is 336 g/mol. The fraction of sp³-hybridized carbons (Fsp3) is 0.250. The number of alkyl halides is 1. The molecule has 0 fully saturated rings. The maximum Gasteiger partial charge on any atom is 0.137 e. The zero-order valence-electron chi connectivity index (χ0n) is 10.8. The second-order valence-corrected chi connectivity index (χ2v) is 5.31. The van der Waals surface area contributed by atoms with Crippen LogP contribution in [0.25, 0.3) is 0 Å². The van der Waals surface area contributed by atoms with Gasteiger partial charge in [0.15, 0.2) is 0 Å². The number of hydrogen-bond donors (Lipinski definition) is 0. The quantitative estimate of drug-likeness (QED) is 0.782. The summed E-state index contributed by atoms with van der Waals surface area (Å²) in [6.45, 7) is 0.459. The molecule has 2 nitrogen and oxygen atoms in total. The predicted octanol–water partition coefficient (Wildman–Crippen LogP) is 4.10. The molecule has 0 saturated heterocycles. The van der Waals surface area contributed by atoms with Crippen molar-refractivity contribution in [2.75, 3.05) is 6.61 Å². The van der Waals surface area contributed by atoms with Crippen LogP contribution < -0.4 is 9.47 Å². The van der Waals surface area contributed by atoms with Crippen LogP contribution in [0, 0.1) is 5.82 Å². The molecule has 20 heavy (non-hydrogen) atoms. The molecule has 104 valence electrons. The van der Waals surface area contributed by atoms with Crippen molar-refractivity contribution < 1.29 is 13.9 Å². The van der Waals surface area contributed by atoms with Gasteiger partial charge in [0.25, 0.3) is 0 Å². The van der Waals surface area contributed by atoms with E-state index in [9.17, 15) is 4.39 Å². The smallest absolute Gasteiger partial charge is 0.137 e. The molecule has 0 N–H and O–H groups in total. The Labute approximate surface area is 125 Å². The number of halogens is 2. The summed E-state index contributed by atoms with van der Waals surface area (Å²) in [6.07, 6.45) is 0.863. The summed E-state index contributed by atoms with van der Waals surface area (Å²) < 4.78 is 24.7. The first-order chi connectivity index (χ1) is 9.76. The van der Waals surface area contributed by atoms with Crippen LogP contribution in [0.2, 0.25) is 0 Å². The summed E-state index contributed by atoms with van der Waals surface area (Å²) in [4.78, 5) is 0. The first-order valence-electron chi connectivity index (χ1n) is 6.48. The second kappa shape index (κ2) is 5.83. The van der Waals surface area contributed by atoms with Crippen LogP contribution in [0.4, 0.5) is 4.39 Å². The molecule has 3 rings (SSSR count). The Morgan fingerprint density at radius 3 is 2.90 bits per heavy atom. The molecule has 0 saturated carbocycles. The highest BCUT2D eigenvalue weighted by Gasteiger charge is 2.23. The lowest BCUT2D eigenvalue weighted by Crippen LogP contribution is -2.22. The fourth-order valence-electron chi connectivity index (χ4n) is 2.32. The number of rotatable bonds is 4. The van der Waals surface area contributed by atoms with Crippen LogP contribution in [-0.4, -0.2) is 12.7 Å². The predicted molar refractivity (Wildman–Crippen MR) is 79.1 cm³/mol. The van der Waals surface area contributed by atoms with Gasteiger partial charge in [-0.05, 0) is 29.8 Å². The van der Waals surface area contributed by atoms with Gasteiger partial charge in [-0.2, -0.15) is 0 Å². The maximum atomic E-state index is 13.2. The van der Waals surface area contributed by atoms with Crippen LogP contribution in [-0.2, 0) is 11.8 Å². The van der Waals surface area contributed by atoms with E-state index in [4.69, 9.17) is 9.47 Å². The Morgan fingerprint density at radius 1 is 1.25 bits per heavy atom. The summed E-state index contributed by atoms with van der Waals surface area (Å²) in [5, 5.41) is 0.561. The van der Waals surface area contributed by atoms with Crippen molar-refractivity contribution >= 4 is 15.9 Å². The zero-order valence-corrected chi connectivity index (χ0v) is 12.4. The lowest BCUT2D eigenvalue weighted by molar-refractivity contribution is 0.148. The van der Waals surface area contributed by atoms with E-state index in [1.807, 2.05) is 18.2 Å². The maximum absolute atomic E-state index is 13.2. The highest BCUT2D eigenvalue weighted by atomic mass is 79.9. The van der Waals surface area contributed by atoms with E-state index in [0.717, 1.165) is 17.7 Å². The zero-order chi connectivity index (χ0) is 13.9. The van der Waals surface area contributed by atoms with Gasteiger partial charge in [-0.1, -0.05) is 34.1 Å². The van der Waals surface area contributed by atoms with Gasteiger partial charge in [-0.15, -0.1) is 0 Å². The normalized spacial score (nSPS) is 16.6. The highest BCUT2D eigenvalue weighted by Crippen LogP contribution is 2.29. The van der Waals surface area contributed by atoms with Crippen molar-refractivity contribution in [1.82, 2.24) is 0 Å². The third-order valence-electron chi connectivity index (χ3n) is 3.31. The molecule has 0 amide bonds. The highest BCUT2D eigenvalue weighted by molar-refractivity contribution is 9.08. The lowest BCUT2D eigenvalue weighted by atomic mass is 10.1. The van der Waals surface area contributed by atoms with E-state index >= 15 is 0 Å². The minimum Gasteiger partial charge on any atom is -0.489 e. The lowest BCUT2D eigenvalue weighted by Gasteiger charge is -2.14. The molecule has 1 heterocycles. The van der Waals surface area contributed by atoms with Crippen molar-refractivity contribution in [2.24, 2.45) is 0 Å². The molecule has 0 aromatic heterocycles. The average molecular weight is 337 g/mol. The summed E-state index contributed by atoms with van der Waals surface area (Å²) >= 11 is 3.34. The Bertz CT molecular complexity index is 590. The molecular weight excluding hydrogens is 323 g/mol. The van der Waals surface area contributed by atoms with Crippen molar-refractivity contribution in [2.45, 2.75) is 17.9 Å². The Hall–Kier alpha value is -1.55. The van der Waals surface area contributed by atoms with Crippen molar-refractivity contribution in [1.29, 1.82) is 0 Å². The molecule has 0 aliphatic carbocycles. The minimum atomic E-state index is -0.253. The third kappa shape index (κ3) is 2.80. The molecule has 0 radical (unpaired) electrons. The first-order valence-corrected chi connectivity index (χ1v) is 7.60. The molecule has 0 spiro atoms. The molecule has 1 aliphatic rings. The summed E-state index contributed by atoms with van der Waals surface area (Å²) in [7, 11) is 0. The number of fused-ring (bicyclic) bond motifs is 1. The van der Waals surface area contributed by atoms with Gasteiger partial charge in [-0.25, -0.2) is 4.39 Å². The Balaban J connectivity index is 1.64. The van der Waals surface area contributed by atoms with Crippen molar-refractivity contribution in [3.63, 3.8) is 0 Å². The first kappa shape index (κ1) is 13.4. The number of para-hydroxylation sites is 1. The summed E-state index contributed by atoms with van der Waals surface area (Å²) in [6, 6.07) is 12.6. The third-order valence-corrected chi connectivity index (χ3v) is 3.91. The Morgan fingerprint density at radius 2 is 2.10 bits per heavy atom. The van der Waals surface area contributed by atoms with Crippen LogP contribution in [0.5, 0.6) is 11.5 Å². The van der Waals surface area contributed by atoms with Crippen LogP contribution in [0.1, 0.15) is 11.1 Å². The average Bonchev–Trinajstić information content (AvgIpc) is 2.88. The molecule has 2 aromatic rings. The van der Waals surface area contributed by atoms with Crippen molar-refractivity contribution in [3.8, 4) is 11.5 Å². The van der Waals surface area contributed by atoms with E-state index < -0.39 is 0 Å². The standard InChI is InChI=1S/C16H14BrFO2/c17-9-12-7-13(18)5-6-15(12)19-10-14-8-11-3-1-2-4-16(11)20-14/h1-7,14H,8-10H2. The van der Waals surface area contributed by atoms with E-state index in [1.54, 1.807) is 6.07 Å². The Kier molecular flexibility index (Phi) is 3.92. The number of ether oxygens (including phenoxy) is 2. The molecular formula is C16H14BrFO2. The largest absolute Gasteiger partial charge is 0.489 e. The van der Waals surface area contributed by atoms with Gasteiger partial charge in [0.1, 0.15) is 30.0 Å². The minimum absolute atomic E-state index is 0.0145. The van der Waals surface area contributed by atoms with Crippen LogP contribution >= 0.6 is 15.9 Å². The van der Waals surface area contributed by atoms with Crippen molar-refractivity contribution in [3.05, 3.63) is 59.4 Å². The van der Waals surface area contributed by atoms with Crippen LogP contribution in [0.15, 0.2) is 42.5 Å². The van der Waals surface area contributed by atoms with Gasteiger partial charge >= 0.3 is 0 Å². The van der Waals surface area contributed by atoms with Gasteiger partial charge in [0.05, 0.1) is 0 Å². The van der Waals surface area contributed by atoms with E-state index in [1.165, 1.54) is 17.7 Å². The topological polar surface area (TPSA) is 18.5 Å². The molecule has 1 aliphatic heterocycles. The van der Waals surface area contributed by atoms with E-state index in [-0.39, 0.29) is 11.9 Å². The van der Waals surface area contributed by atoms with Gasteiger partial charge in [0.2, 0.25) is 0 Å². The summed E-state index contributed by atoms with van der Waals surface area (Å²) in [5.41, 5.74) is 2.02. The molecule has 1 unspecified atom stereocenters. The number of hydrogen-bond acceptors (Lipinski definition) is 2. The fourth-order valence-corrected chi connectivity index (χ4v) is 2.76. The number of benzene rings is 2. The van der Waals surface area contributed by atoms with Gasteiger partial charge < -0.3 is 9.47 Å². The van der Waals surface area contributed by atoms with E-state index in [2.05, 4.69) is 22.0 Å². The van der Waals surface area contributed by atoms with Gasteiger partial charge in [0, 0.05) is 17.3 Å². The SMILES string of the molecule is Fc1ccc(OCC2Cc3ccccc3O2)c(CBr)c1. The molecule has 0 bridgehead atoms. The van der Waals surface area contributed by atoms with E-state index in [0.29, 0.717) is 17.7 Å². The van der Waals surface area contributed by atoms with Crippen LogP contribution in [0.3, 0.4) is 0 Å². The summed E-state index contributed by atoms with van der Waals surface area (Å²) in [5.74, 6) is 1.38. The molecule has 1 atom stereocenters. The molecule has 2 aromatic carbocycles.